The molecule has 1 N–H and O–H groups in total. The summed E-state index contributed by atoms with van der Waals surface area (Å²) in [4.78, 5) is 23.1. The van der Waals surface area contributed by atoms with Gasteiger partial charge in [0.25, 0.3) is 0 Å². The van der Waals surface area contributed by atoms with Gasteiger partial charge in [-0.2, -0.15) is 0 Å². The second kappa shape index (κ2) is 12.5. The van der Waals surface area contributed by atoms with E-state index in [-0.39, 0.29) is 24.7 Å². The van der Waals surface area contributed by atoms with Crippen molar-refractivity contribution in [3.8, 4) is 16.9 Å². The summed E-state index contributed by atoms with van der Waals surface area (Å²) in [5.74, 6) is 0.871. The Hall–Kier alpha value is -3.40. The van der Waals surface area contributed by atoms with Gasteiger partial charge in [-0.15, -0.1) is 0 Å². The molecule has 0 fully saturated rings. The molecule has 3 aromatic carbocycles. The van der Waals surface area contributed by atoms with E-state index in [1.807, 2.05) is 30.3 Å². The Morgan fingerprint density at radius 2 is 1.47 bits per heavy atom. The minimum atomic E-state index is -0.876. The summed E-state index contributed by atoms with van der Waals surface area (Å²) in [5.41, 5.74) is 6.53. The number of carbonyl (C=O) groups excluding carboxylic acids is 1. The normalized spacial score (nSPS) is 12.1. The second-order valence-electron chi connectivity index (χ2n) is 10.3. The predicted molar refractivity (Wildman–Crippen MR) is 146 cm³/mol. The number of ether oxygens (including phenoxy) is 1. The number of ketones is 1. The monoisotopic (exact) mass is 486 g/mol. The van der Waals surface area contributed by atoms with Gasteiger partial charge in [-0.25, -0.2) is 0 Å². The summed E-state index contributed by atoms with van der Waals surface area (Å²) < 4.78 is 6.48. The zero-order valence-electron chi connectivity index (χ0n) is 22.1. The van der Waals surface area contributed by atoms with Crippen LogP contribution in [0.1, 0.15) is 92.4 Å². The molecule has 4 heteroatoms. The van der Waals surface area contributed by atoms with Crippen LogP contribution in [0.2, 0.25) is 0 Å². The number of hydrogen-bond donors (Lipinski definition) is 1. The fraction of sp³-hybridized carbons (Fsp3) is 0.375. The highest BCUT2D eigenvalue weighted by Crippen LogP contribution is 2.32. The average molecular weight is 487 g/mol. The van der Waals surface area contributed by atoms with Crippen molar-refractivity contribution in [1.82, 2.24) is 0 Å². The average Bonchev–Trinajstić information content (AvgIpc) is 2.83. The van der Waals surface area contributed by atoms with E-state index in [0.29, 0.717) is 23.8 Å². The van der Waals surface area contributed by atoms with Crippen LogP contribution in [0, 0.1) is 12.8 Å². The molecule has 0 aromatic heterocycles. The highest BCUT2D eigenvalue weighted by atomic mass is 16.5. The highest BCUT2D eigenvalue weighted by molar-refractivity contribution is 5.96. The highest BCUT2D eigenvalue weighted by Gasteiger charge is 2.17. The first-order chi connectivity index (χ1) is 17.1. The minimum absolute atomic E-state index is 0.00951. The molecular weight excluding hydrogens is 448 g/mol. The molecule has 0 radical (unpaired) electrons. The molecule has 0 aliphatic heterocycles. The first kappa shape index (κ1) is 27.2. The Balaban J connectivity index is 1.74. The van der Waals surface area contributed by atoms with E-state index in [1.54, 1.807) is 0 Å². The van der Waals surface area contributed by atoms with Crippen molar-refractivity contribution in [2.75, 3.05) is 0 Å². The molecule has 0 bridgehead atoms. The van der Waals surface area contributed by atoms with Gasteiger partial charge in [0.15, 0.2) is 5.78 Å². The van der Waals surface area contributed by atoms with Crippen molar-refractivity contribution in [3.05, 3.63) is 89.0 Å². The third-order valence-corrected chi connectivity index (χ3v) is 6.45. The van der Waals surface area contributed by atoms with Crippen LogP contribution in [-0.4, -0.2) is 16.9 Å². The van der Waals surface area contributed by atoms with Crippen molar-refractivity contribution in [2.24, 2.45) is 5.92 Å². The molecule has 0 saturated heterocycles. The van der Waals surface area contributed by atoms with Crippen LogP contribution in [-0.2, 0) is 4.79 Å². The molecule has 0 heterocycles. The van der Waals surface area contributed by atoms with Gasteiger partial charge in [-0.05, 0) is 71.6 Å². The maximum Gasteiger partial charge on any atom is 0.303 e. The van der Waals surface area contributed by atoms with E-state index in [2.05, 4.69) is 71.0 Å². The van der Waals surface area contributed by atoms with Crippen LogP contribution in [0.5, 0.6) is 5.75 Å². The topological polar surface area (TPSA) is 63.6 Å². The number of Topliss-reactive ketones (excluding diaryl/α,β-unsaturated/α-hetero) is 1. The lowest BCUT2D eigenvalue weighted by molar-refractivity contribution is -0.137. The Morgan fingerprint density at radius 1 is 0.833 bits per heavy atom. The van der Waals surface area contributed by atoms with Gasteiger partial charge < -0.3 is 9.84 Å². The van der Waals surface area contributed by atoms with Crippen molar-refractivity contribution in [3.63, 3.8) is 0 Å². The van der Waals surface area contributed by atoms with E-state index >= 15 is 0 Å². The fourth-order valence-corrected chi connectivity index (χ4v) is 4.35. The molecule has 0 spiro atoms. The first-order valence-electron chi connectivity index (χ1n) is 12.9. The predicted octanol–water partition coefficient (Wildman–Crippen LogP) is 8.39. The van der Waals surface area contributed by atoms with Crippen LogP contribution >= 0.6 is 0 Å². The molecule has 0 amide bonds. The number of benzene rings is 3. The van der Waals surface area contributed by atoms with E-state index in [9.17, 15) is 9.59 Å². The quantitative estimate of drug-likeness (QED) is 0.261. The molecule has 190 valence electrons. The molecule has 36 heavy (non-hydrogen) atoms. The van der Waals surface area contributed by atoms with Crippen LogP contribution in [0.25, 0.3) is 11.1 Å². The number of hydrogen-bond acceptors (Lipinski definition) is 3. The lowest BCUT2D eigenvalue weighted by atomic mass is 9.96. The minimum Gasteiger partial charge on any atom is -0.486 e. The van der Waals surface area contributed by atoms with Gasteiger partial charge in [0, 0.05) is 18.4 Å². The van der Waals surface area contributed by atoms with Crippen molar-refractivity contribution in [2.45, 2.75) is 72.3 Å². The molecular formula is C32H38O4. The van der Waals surface area contributed by atoms with Gasteiger partial charge in [-0.1, -0.05) is 82.3 Å². The van der Waals surface area contributed by atoms with Crippen LogP contribution in [0.3, 0.4) is 0 Å². The van der Waals surface area contributed by atoms with Gasteiger partial charge in [0.2, 0.25) is 0 Å². The van der Waals surface area contributed by atoms with E-state index < -0.39 is 5.97 Å². The van der Waals surface area contributed by atoms with Crippen molar-refractivity contribution in [1.29, 1.82) is 0 Å². The summed E-state index contributed by atoms with van der Waals surface area (Å²) in [5, 5.41) is 8.78. The maximum absolute atomic E-state index is 12.4. The van der Waals surface area contributed by atoms with Gasteiger partial charge in [0.05, 0.1) is 0 Å². The summed E-state index contributed by atoms with van der Waals surface area (Å²) in [6.45, 7) is 10.9. The van der Waals surface area contributed by atoms with E-state index in [1.165, 1.54) is 16.7 Å². The molecule has 0 aliphatic carbocycles. The lowest BCUT2D eigenvalue weighted by Crippen LogP contribution is -2.11. The third-order valence-electron chi connectivity index (χ3n) is 6.45. The summed E-state index contributed by atoms with van der Waals surface area (Å²) in [6, 6.07) is 22.6. The van der Waals surface area contributed by atoms with E-state index in [0.717, 1.165) is 23.3 Å². The molecule has 0 aliphatic rings. The Labute approximate surface area is 215 Å². The number of carboxylic acids is 1. The largest absolute Gasteiger partial charge is 0.486 e. The molecule has 4 nitrogen and oxygen atoms in total. The zero-order chi connectivity index (χ0) is 26.2. The Bertz CT molecular complexity index is 1160. The standard InChI is InChI=1S/C32H38O4/c1-21(2)19-31(27-15-13-26(14-16-27)30(33)7-6-8-32(34)35)36-28-17-18-29(23(5)20-28)25-11-9-24(10-12-25)22(3)4/h9-18,20-22,31H,6-8,19H2,1-5H3,(H,34,35). The number of aliphatic carboxylic acids is 1. The molecule has 3 rings (SSSR count). The Morgan fingerprint density at radius 3 is 2.03 bits per heavy atom. The number of aryl methyl sites for hydroxylation is 1. The smallest absolute Gasteiger partial charge is 0.303 e. The number of rotatable bonds is 12. The zero-order valence-corrected chi connectivity index (χ0v) is 22.1. The van der Waals surface area contributed by atoms with E-state index in [4.69, 9.17) is 9.84 Å². The van der Waals surface area contributed by atoms with Gasteiger partial charge in [-0.3, -0.25) is 9.59 Å². The SMILES string of the molecule is Cc1cc(OC(CC(C)C)c2ccc(C(=O)CCCC(=O)O)cc2)ccc1-c1ccc(C(C)C)cc1. The van der Waals surface area contributed by atoms with Gasteiger partial charge >= 0.3 is 5.97 Å². The second-order valence-corrected chi connectivity index (χ2v) is 10.3. The summed E-state index contributed by atoms with van der Waals surface area (Å²) in [6.07, 6.45) is 1.32. The van der Waals surface area contributed by atoms with Crippen LogP contribution in [0.15, 0.2) is 66.7 Å². The summed E-state index contributed by atoms with van der Waals surface area (Å²) in [7, 11) is 0. The van der Waals surface area contributed by atoms with Crippen LogP contribution < -0.4 is 4.74 Å². The maximum atomic E-state index is 12.4. The summed E-state index contributed by atoms with van der Waals surface area (Å²) >= 11 is 0. The molecule has 1 atom stereocenters. The van der Waals surface area contributed by atoms with Crippen molar-refractivity contribution >= 4 is 11.8 Å². The number of carboxylic acid groups (broad SMARTS) is 1. The van der Waals surface area contributed by atoms with Crippen molar-refractivity contribution < 1.29 is 19.4 Å². The van der Waals surface area contributed by atoms with Gasteiger partial charge in [0.1, 0.15) is 11.9 Å². The lowest BCUT2D eigenvalue weighted by Gasteiger charge is -2.22. The molecule has 1 unspecified atom stereocenters. The molecule has 0 saturated carbocycles. The fourth-order valence-electron chi connectivity index (χ4n) is 4.35. The van der Waals surface area contributed by atoms with Crippen LogP contribution in [0.4, 0.5) is 0 Å². The number of carbonyl (C=O) groups is 2. The molecule has 3 aromatic rings. The first-order valence-corrected chi connectivity index (χ1v) is 12.9. The third kappa shape index (κ3) is 7.55. The Kier molecular flexibility index (Phi) is 9.46.